The van der Waals surface area contributed by atoms with Gasteiger partial charge in [0.25, 0.3) is 0 Å². The standard InChI is InChI=1S/C23H21FN2O3S/c1-27-20-9-7-19(8-10-20)25-23(30)26(13-16-2-5-18(24)6-3-16)14-17-4-11-21-22(12-17)29-15-28-21/h2-12H,13-15H2,1H3,(H,25,30). The first-order valence-electron chi connectivity index (χ1n) is 9.44. The number of methoxy groups -OCH3 is 1. The van der Waals surface area contributed by atoms with Gasteiger partial charge in [-0.1, -0.05) is 18.2 Å². The fourth-order valence-corrected chi connectivity index (χ4v) is 3.39. The zero-order valence-electron chi connectivity index (χ0n) is 16.4. The molecule has 0 fully saturated rings. The van der Waals surface area contributed by atoms with E-state index in [2.05, 4.69) is 5.32 Å². The van der Waals surface area contributed by atoms with E-state index in [1.165, 1.54) is 12.1 Å². The zero-order chi connectivity index (χ0) is 20.9. The lowest BCUT2D eigenvalue weighted by atomic mass is 10.1. The van der Waals surface area contributed by atoms with E-state index >= 15 is 0 Å². The third-order valence-electron chi connectivity index (χ3n) is 4.73. The van der Waals surface area contributed by atoms with Crippen LogP contribution in [0.1, 0.15) is 11.1 Å². The first-order chi connectivity index (χ1) is 14.6. The van der Waals surface area contributed by atoms with Gasteiger partial charge in [-0.25, -0.2) is 4.39 Å². The third kappa shape index (κ3) is 4.80. The summed E-state index contributed by atoms with van der Waals surface area (Å²) in [5.41, 5.74) is 2.84. The summed E-state index contributed by atoms with van der Waals surface area (Å²) in [6.07, 6.45) is 0. The molecule has 7 heteroatoms. The number of rotatable bonds is 6. The minimum Gasteiger partial charge on any atom is -0.497 e. The average molecular weight is 424 g/mol. The number of nitrogens with zero attached hydrogens (tertiary/aromatic N) is 1. The molecule has 154 valence electrons. The molecular weight excluding hydrogens is 403 g/mol. The molecule has 0 bridgehead atoms. The fourth-order valence-electron chi connectivity index (χ4n) is 3.15. The van der Waals surface area contributed by atoms with Crippen LogP contribution in [0.4, 0.5) is 10.1 Å². The number of benzene rings is 3. The van der Waals surface area contributed by atoms with Crippen LogP contribution in [-0.4, -0.2) is 23.9 Å². The molecule has 5 nitrogen and oxygen atoms in total. The van der Waals surface area contributed by atoms with E-state index in [0.29, 0.717) is 18.2 Å². The van der Waals surface area contributed by atoms with Gasteiger partial charge in [0.1, 0.15) is 11.6 Å². The molecule has 0 saturated carbocycles. The van der Waals surface area contributed by atoms with Crippen molar-refractivity contribution in [3.8, 4) is 17.2 Å². The normalized spacial score (nSPS) is 11.8. The van der Waals surface area contributed by atoms with Gasteiger partial charge >= 0.3 is 0 Å². The van der Waals surface area contributed by atoms with Crippen LogP contribution in [0.15, 0.2) is 66.7 Å². The van der Waals surface area contributed by atoms with Crippen molar-refractivity contribution in [3.05, 3.63) is 83.7 Å². The van der Waals surface area contributed by atoms with Crippen molar-refractivity contribution < 1.29 is 18.6 Å². The molecule has 1 N–H and O–H groups in total. The van der Waals surface area contributed by atoms with Gasteiger partial charge in [0, 0.05) is 18.8 Å². The molecule has 0 aromatic heterocycles. The lowest BCUT2D eigenvalue weighted by Gasteiger charge is -2.26. The zero-order valence-corrected chi connectivity index (χ0v) is 17.2. The highest BCUT2D eigenvalue weighted by Gasteiger charge is 2.17. The van der Waals surface area contributed by atoms with Crippen molar-refractivity contribution in [1.29, 1.82) is 0 Å². The number of thiocarbonyl (C=S) groups is 1. The van der Waals surface area contributed by atoms with Crippen LogP contribution in [0.3, 0.4) is 0 Å². The molecule has 0 radical (unpaired) electrons. The van der Waals surface area contributed by atoms with Crippen LogP contribution in [0, 0.1) is 5.82 Å². The molecular formula is C23H21FN2O3S. The maximum Gasteiger partial charge on any atom is 0.231 e. The molecule has 1 aliphatic heterocycles. The van der Waals surface area contributed by atoms with Crippen molar-refractivity contribution in [1.82, 2.24) is 4.90 Å². The minimum absolute atomic E-state index is 0.232. The smallest absolute Gasteiger partial charge is 0.231 e. The molecule has 0 aliphatic carbocycles. The minimum atomic E-state index is -0.264. The monoisotopic (exact) mass is 424 g/mol. The van der Waals surface area contributed by atoms with Gasteiger partial charge < -0.3 is 24.4 Å². The van der Waals surface area contributed by atoms with Gasteiger partial charge in [0.15, 0.2) is 16.6 Å². The lowest BCUT2D eigenvalue weighted by molar-refractivity contribution is 0.174. The summed E-state index contributed by atoms with van der Waals surface area (Å²) in [4.78, 5) is 2.02. The summed E-state index contributed by atoms with van der Waals surface area (Å²) in [7, 11) is 1.63. The van der Waals surface area contributed by atoms with Gasteiger partial charge in [-0.3, -0.25) is 0 Å². The average Bonchev–Trinajstić information content (AvgIpc) is 3.23. The van der Waals surface area contributed by atoms with E-state index in [4.69, 9.17) is 26.4 Å². The summed E-state index contributed by atoms with van der Waals surface area (Å²) in [5, 5.41) is 3.83. The lowest BCUT2D eigenvalue weighted by Crippen LogP contribution is -2.33. The molecule has 0 amide bonds. The van der Waals surface area contributed by atoms with Gasteiger partial charge in [0.2, 0.25) is 6.79 Å². The summed E-state index contributed by atoms with van der Waals surface area (Å²) in [6.45, 7) is 1.31. The van der Waals surface area contributed by atoms with Crippen LogP contribution < -0.4 is 19.5 Å². The van der Waals surface area contributed by atoms with E-state index in [0.717, 1.165) is 34.1 Å². The Balaban J connectivity index is 1.53. The van der Waals surface area contributed by atoms with E-state index in [1.807, 2.05) is 47.4 Å². The quantitative estimate of drug-likeness (QED) is 0.564. The van der Waals surface area contributed by atoms with Crippen LogP contribution in [0.25, 0.3) is 0 Å². The number of hydrogen-bond donors (Lipinski definition) is 1. The van der Waals surface area contributed by atoms with Crippen molar-refractivity contribution in [2.75, 3.05) is 19.2 Å². The van der Waals surface area contributed by atoms with Crippen LogP contribution in [0.2, 0.25) is 0 Å². The predicted octanol–water partition coefficient (Wildman–Crippen LogP) is 4.96. The maximum atomic E-state index is 13.3. The Labute approximate surface area is 180 Å². The number of anilines is 1. The van der Waals surface area contributed by atoms with E-state index in [1.54, 1.807) is 19.2 Å². The molecule has 0 atom stereocenters. The number of nitrogens with one attached hydrogen (secondary N) is 1. The first-order valence-corrected chi connectivity index (χ1v) is 9.84. The van der Waals surface area contributed by atoms with Crippen molar-refractivity contribution >= 4 is 23.0 Å². The van der Waals surface area contributed by atoms with E-state index in [-0.39, 0.29) is 12.6 Å². The van der Waals surface area contributed by atoms with Crippen LogP contribution in [0.5, 0.6) is 17.2 Å². The fraction of sp³-hybridized carbons (Fsp3) is 0.174. The van der Waals surface area contributed by atoms with Gasteiger partial charge in [-0.05, 0) is 71.9 Å². The van der Waals surface area contributed by atoms with Gasteiger partial charge in [-0.2, -0.15) is 0 Å². The third-order valence-corrected chi connectivity index (χ3v) is 5.09. The Kier molecular flexibility index (Phi) is 5.99. The molecule has 0 unspecified atom stereocenters. The largest absolute Gasteiger partial charge is 0.497 e. The number of fused-ring (bicyclic) bond motifs is 1. The van der Waals surface area contributed by atoms with E-state index in [9.17, 15) is 4.39 Å². The van der Waals surface area contributed by atoms with Crippen molar-refractivity contribution in [2.24, 2.45) is 0 Å². The predicted molar refractivity (Wildman–Crippen MR) is 117 cm³/mol. The molecule has 3 aromatic carbocycles. The summed E-state index contributed by atoms with van der Waals surface area (Å²) < 4.78 is 29.4. The summed E-state index contributed by atoms with van der Waals surface area (Å²) >= 11 is 5.70. The number of hydrogen-bond acceptors (Lipinski definition) is 4. The highest BCUT2D eigenvalue weighted by Crippen LogP contribution is 2.33. The Morgan fingerprint density at radius 1 is 0.967 bits per heavy atom. The molecule has 3 aromatic rings. The van der Waals surface area contributed by atoms with E-state index < -0.39 is 0 Å². The van der Waals surface area contributed by atoms with Gasteiger partial charge in [0.05, 0.1) is 7.11 Å². The molecule has 4 rings (SSSR count). The van der Waals surface area contributed by atoms with Gasteiger partial charge in [-0.15, -0.1) is 0 Å². The molecule has 1 aliphatic rings. The second-order valence-electron chi connectivity index (χ2n) is 6.83. The first kappa shape index (κ1) is 20.0. The second kappa shape index (κ2) is 9.00. The van der Waals surface area contributed by atoms with Crippen molar-refractivity contribution in [2.45, 2.75) is 13.1 Å². The Bertz CT molecular complexity index is 1030. The number of ether oxygens (including phenoxy) is 3. The Morgan fingerprint density at radius 3 is 2.37 bits per heavy atom. The topological polar surface area (TPSA) is 43.0 Å². The highest BCUT2D eigenvalue weighted by atomic mass is 32.1. The Hall–Kier alpha value is -3.32. The SMILES string of the molecule is COc1ccc(NC(=S)N(Cc2ccc(F)cc2)Cc2ccc3c(c2)OCO3)cc1. The Morgan fingerprint density at radius 2 is 1.63 bits per heavy atom. The summed E-state index contributed by atoms with van der Waals surface area (Å²) in [6, 6.07) is 19.8. The number of halogens is 1. The molecule has 0 saturated heterocycles. The summed E-state index contributed by atoms with van der Waals surface area (Å²) in [5.74, 6) is 1.97. The van der Waals surface area contributed by atoms with Crippen molar-refractivity contribution in [3.63, 3.8) is 0 Å². The highest BCUT2D eigenvalue weighted by molar-refractivity contribution is 7.80. The van der Waals surface area contributed by atoms with Crippen LogP contribution in [-0.2, 0) is 13.1 Å². The molecule has 1 heterocycles. The molecule has 0 spiro atoms. The second-order valence-corrected chi connectivity index (χ2v) is 7.22. The van der Waals surface area contributed by atoms with Crippen LogP contribution >= 0.6 is 12.2 Å². The maximum absolute atomic E-state index is 13.3. The molecule has 30 heavy (non-hydrogen) atoms.